The molecule has 1 unspecified atom stereocenters. The second-order valence-corrected chi connectivity index (χ2v) is 6.48. The number of halogens is 2. The molecule has 0 bridgehead atoms. The zero-order valence-electron chi connectivity index (χ0n) is 15.6. The Morgan fingerprint density at radius 2 is 2.24 bits per heavy atom. The molecular formula is C21H18ClFN4O2. The summed E-state index contributed by atoms with van der Waals surface area (Å²) in [6.45, 7) is 0.563. The van der Waals surface area contributed by atoms with Crippen molar-refractivity contribution in [1.82, 2.24) is 15.6 Å². The molecule has 2 aromatic rings. The zero-order valence-corrected chi connectivity index (χ0v) is 16.3. The van der Waals surface area contributed by atoms with Gasteiger partial charge in [0, 0.05) is 29.0 Å². The van der Waals surface area contributed by atoms with Gasteiger partial charge in [-0.15, -0.1) is 6.42 Å². The van der Waals surface area contributed by atoms with Crippen LogP contribution in [0.4, 0.5) is 4.39 Å². The molecule has 8 heteroatoms. The average Bonchev–Trinajstić information content (AvgIpc) is 2.73. The van der Waals surface area contributed by atoms with Crippen LogP contribution in [0.15, 0.2) is 58.9 Å². The highest BCUT2D eigenvalue weighted by Gasteiger charge is 2.33. The Morgan fingerprint density at radius 3 is 2.90 bits per heavy atom. The van der Waals surface area contributed by atoms with E-state index in [1.165, 1.54) is 25.3 Å². The van der Waals surface area contributed by atoms with Gasteiger partial charge in [0.2, 0.25) is 0 Å². The number of amidine groups is 1. The predicted octanol–water partition coefficient (Wildman–Crippen LogP) is 2.62. The van der Waals surface area contributed by atoms with Crippen LogP contribution in [0, 0.1) is 18.2 Å². The second-order valence-electron chi connectivity index (χ2n) is 6.08. The highest BCUT2D eigenvalue weighted by atomic mass is 35.5. The number of pyridine rings is 1. The lowest BCUT2D eigenvalue weighted by atomic mass is 9.95. The van der Waals surface area contributed by atoms with E-state index < -0.39 is 17.8 Å². The number of nitrogens with one attached hydrogen (secondary N) is 2. The molecule has 0 radical (unpaired) electrons. The van der Waals surface area contributed by atoms with E-state index in [0.29, 0.717) is 29.3 Å². The number of esters is 1. The lowest BCUT2D eigenvalue weighted by Gasteiger charge is -2.27. The summed E-state index contributed by atoms with van der Waals surface area (Å²) in [7, 11) is 1.28. The largest absolute Gasteiger partial charge is 0.466 e. The number of carbonyl (C=O) groups excluding carboxylic acids is 1. The van der Waals surface area contributed by atoms with Crippen LogP contribution in [-0.4, -0.2) is 37.0 Å². The molecule has 1 aromatic carbocycles. The minimum absolute atomic E-state index is 0.151. The van der Waals surface area contributed by atoms with E-state index in [9.17, 15) is 9.18 Å². The molecule has 0 amide bonds. The van der Waals surface area contributed by atoms with E-state index >= 15 is 0 Å². The second kappa shape index (κ2) is 9.32. The molecule has 1 aromatic heterocycles. The number of terminal acetylenes is 1. The van der Waals surface area contributed by atoms with Gasteiger partial charge in [-0.2, -0.15) is 0 Å². The van der Waals surface area contributed by atoms with Gasteiger partial charge in [0.15, 0.2) is 5.84 Å². The molecule has 0 saturated heterocycles. The first-order valence-electron chi connectivity index (χ1n) is 8.72. The summed E-state index contributed by atoms with van der Waals surface area (Å²) < 4.78 is 18.6. The highest BCUT2D eigenvalue weighted by Crippen LogP contribution is 2.36. The van der Waals surface area contributed by atoms with E-state index in [2.05, 4.69) is 26.5 Å². The van der Waals surface area contributed by atoms with Crippen LogP contribution in [0.1, 0.15) is 17.3 Å². The van der Waals surface area contributed by atoms with Crippen LogP contribution in [0.25, 0.3) is 0 Å². The number of rotatable bonds is 6. The Kier molecular flexibility index (Phi) is 6.60. The van der Waals surface area contributed by atoms with Crippen LogP contribution in [0.2, 0.25) is 5.02 Å². The summed E-state index contributed by atoms with van der Waals surface area (Å²) in [5.41, 5.74) is 1.82. The Balaban J connectivity index is 2.15. The van der Waals surface area contributed by atoms with Crippen LogP contribution in [0.5, 0.6) is 0 Å². The van der Waals surface area contributed by atoms with Crippen molar-refractivity contribution in [3.8, 4) is 12.3 Å². The van der Waals surface area contributed by atoms with Gasteiger partial charge in [0.1, 0.15) is 17.6 Å². The monoisotopic (exact) mass is 412 g/mol. The molecule has 2 heterocycles. The van der Waals surface area contributed by atoms with Crippen molar-refractivity contribution in [2.24, 2.45) is 4.99 Å². The molecular weight excluding hydrogens is 395 g/mol. The molecule has 29 heavy (non-hydrogen) atoms. The average molecular weight is 413 g/mol. The molecule has 1 aliphatic heterocycles. The Labute approximate surface area is 172 Å². The third-order valence-electron chi connectivity index (χ3n) is 4.22. The number of aliphatic imine (C=N–C) groups is 1. The minimum Gasteiger partial charge on any atom is -0.466 e. The molecule has 0 fully saturated rings. The number of aromatic nitrogens is 1. The van der Waals surface area contributed by atoms with E-state index in [0.717, 1.165) is 0 Å². The fourth-order valence-electron chi connectivity index (χ4n) is 2.93. The van der Waals surface area contributed by atoms with Crippen molar-refractivity contribution in [2.75, 3.05) is 20.2 Å². The van der Waals surface area contributed by atoms with Crippen LogP contribution >= 0.6 is 11.6 Å². The first-order valence-corrected chi connectivity index (χ1v) is 9.09. The van der Waals surface area contributed by atoms with E-state index in [4.69, 9.17) is 22.8 Å². The summed E-state index contributed by atoms with van der Waals surface area (Å²) >= 11 is 6.28. The summed E-state index contributed by atoms with van der Waals surface area (Å²) in [5, 5.41) is 6.34. The van der Waals surface area contributed by atoms with Gasteiger partial charge < -0.3 is 15.4 Å². The van der Waals surface area contributed by atoms with Crippen LogP contribution in [-0.2, 0) is 9.53 Å². The van der Waals surface area contributed by atoms with Gasteiger partial charge in [0.05, 0.1) is 19.2 Å². The molecule has 1 aliphatic rings. The summed E-state index contributed by atoms with van der Waals surface area (Å²) in [4.78, 5) is 21.6. The van der Waals surface area contributed by atoms with Crippen molar-refractivity contribution in [3.63, 3.8) is 0 Å². The standard InChI is InChI=1S/C21H18ClFN4O2/c1-3-9-24-12-17-18(21(28)29-2)19(14-8-7-13(23)11-15(14)22)27-20(26-17)16-6-4-5-10-25-16/h1,4-8,10-11,19,24H,9,12H2,2H3,(H,26,27). The van der Waals surface area contributed by atoms with Gasteiger partial charge in [-0.05, 0) is 24.3 Å². The van der Waals surface area contributed by atoms with Crippen molar-refractivity contribution in [1.29, 1.82) is 0 Å². The van der Waals surface area contributed by atoms with Gasteiger partial charge in [-0.3, -0.25) is 9.98 Å². The number of hydrogen-bond acceptors (Lipinski definition) is 6. The van der Waals surface area contributed by atoms with Crippen molar-refractivity contribution in [3.05, 3.63) is 76.0 Å². The number of nitrogens with zero attached hydrogens (tertiary/aromatic N) is 2. The molecule has 0 saturated carbocycles. The predicted molar refractivity (Wildman–Crippen MR) is 109 cm³/mol. The molecule has 1 atom stereocenters. The van der Waals surface area contributed by atoms with Crippen LogP contribution < -0.4 is 10.6 Å². The number of benzene rings is 1. The van der Waals surface area contributed by atoms with Gasteiger partial charge in [-0.25, -0.2) is 9.18 Å². The number of ether oxygens (including phenoxy) is 1. The normalized spacial score (nSPS) is 15.9. The lowest BCUT2D eigenvalue weighted by Crippen LogP contribution is -2.38. The number of methoxy groups -OCH3 is 1. The summed E-state index contributed by atoms with van der Waals surface area (Å²) in [6.07, 6.45) is 6.94. The third-order valence-corrected chi connectivity index (χ3v) is 4.55. The van der Waals surface area contributed by atoms with E-state index in [-0.39, 0.29) is 17.1 Å². The maximum absolute atomic E-state index is 13.6. The van der Waals surface area contributed by atoms with Gasteiger partial charge in [0.25, 0.3) is 0 Å². The number of hydrogen-bond donors (Lipinski definition) is 2. The molecule has 0 aliphatic carbocycles. The quantitative estimate of drug-likeness (QED) is 0.433. The molecule has 2 N–H and O–H groups in total. The number of carbonyl (C=O) groups is 1. The maximum atomic E-state index is 13.6. The Hall–Kier alpha value is -3.21. The summed E-state index contributed by atoms with van der Waals surface area (Å²) in [6, 6.07) is 8.53. The topological polar surface area (TPSA) is 75.6 Å². The van der Waals surface area contributed by atoms with E-state index in [1.54, 1.807) is 18.3 Å². The van der Waals surface area contributed by atoms with Gasteiger partial charge in [-0.1, -0.05) is 29.7 Å². The molecule has 0 spiro atoms. The summed E-state index contributed by atoms with van der Waals surface area (Å²) in [5.74, 6) is 1.86. The fraction of sp³-hybridized carbons (Fsp3) is 0.190. The molecule has 3 rings (SSSR count). The minimum atomic E-state index is -0.809. The Morgan fingerprint density at radius 1 is 1.41 bits per heavy atom. The van der Waals surface area contributed by atoms with E-state index in [1.807, 2.05) is 6.07 Å². The Bertz CT molecular complexity index is 1020. The maximum Gasteiger partial charge on any atom is 0.338 e. The zero-order chi connectivity index (χ0) is 20.8. The molecule has 148 valence electrons. The third kappa shape index (κ3) is 4.62. The van der Waals surface area contributed by atoms with Crippen molar-refractivity contribution >= 4 is 23.4 Å². The first-order chi connectivity index (χ1) is 14.0. The van der Waals surface area contributed by atoms with Crippen LogP contribution in [0.3, 0.4) is 0 Å². The van der Waals surface area contributed by atoms with Crippen molar-refractivity contribution in [2.45, 2.75) is 6.04 Å². The van der Waals surface area contributed by atoms with Crippen molar-refractivity contribution < 1.29 is 13.9 Å². The smallest absolute Gasteiger partial charge is 0.338 e. The first kappa shape index (κ1) is 20.5. The highest BCUT2D eigenvalue weighted by molar-refractivity contribution is 6.31. The fourth-order valence-corrected chi connectivity index (χ4v) is 3.20. The SMILES string of the molecule is C#CCNCC1=C(C(=O)OC)C(c2ccc(F)cc2Cl)N=C(c2ccccn2)N1. The lowest BCUT2D eigenvalue weighted by molar-refractivity contribution is -0.136. The van der Waals surface area contributed by atoms with Gasteiger partial charge >= 0.3 is 5.97 Å². The molecule has 6 nitrogen and oxygen atoms in total.